The molecule has 0 spiro atoms. The Labute approximate surface area is 136 Å². The molecule has 23 heavy (non-hydrogen) atoms. The van der Waals surface area contributed by atoms with Gasteiger partial charge in [-0.25, -0.2) is 0 Å². The lowest BCUT2D eigenvalue weighted by atomic mass is 9.52. The number of nitrogens with two attached hydrogens (primary N) is 1. The van der Waals surface area contributed by atoms with E-state index in [4.69, 9.17) is 10.5 Å². The highest BCUT2D eigenvalue weighted by Gasteiger charge is 2.62. The fourth-order valence-corrected chi connectivity index (χ4v) is 5.53. The van der Waals surface area contributed by atoms with Crippen LogP contribution in [-0.4, -0.2) is 17.8 Å². The van der Waals surface area contributed by atoms with Gasteiger partial charge in [0.1, 0.15) is 5.75 Å². The summed E-state index contributed by atoms with van der Waals surface area (Å²) >= 11 is 0. The molecule has 1 aromatic carbocycles. The van der Waals surface area contributed by atoms with Crippen molar-refractivity contribution in [1.82, 2.24) is 0 Å². The van der Waals surface area contributed by atoms with Gasteiger partial charge in [-0.2, -0.15) is 0 Å². The topological polar surface area (TPSA) is 69.4 Å². The van der Waals surface area contributed by atoms with Crippen molar-refractivity contribution in [2.75, 3.05) is 0 Å². The third-order valence-electron chi connectivity index (χ3n) is 6.23. The minimum Gasteiger partial charge on any atom is -0.481 e. The van der Waals surface area contributed by atoms with E-state index < -0.39 is 12.0 Å². The Kier molecular flexibility index (Phi) is 3.09. The number of rotatable bonds is 3. The Morgan fingerprint density at radius 2 is 2.22 bits per heavy atom. The van der Waals surface area contributed by atoms with Gasteiger partial charge in [-0.1, -0.05) is 26.3 Å². The van der Waals surface area contributed by atoms with Gasteiger partial charge in [0.25, 0.3) is 5.91 Å². The molecular weight excluding hydrogens is 290 g/mol. The monoisotopic (exact) mass is 313 g/mol. The zero-order valence-corrected chi connectivity index (χ0v) is 13.7. The molecule has 0 saturated heterocycles. The van der Waals surface area contributed by atoms with Crippen molar-refractivity contribution in [2.45, 2.75) is 57.5 Å². The predicted octanol–water partition coefficient (Wildman–Crippen LogP) is 2.76. The van der Waals surface area contributed by atoms with Crippen molar-refractivity contribution >= 4 is 11.7 Å². The highest BCUT2D eigenvalue weighted by atomic mass is 16.5. The average Bonchev–Trinajstić information content (AvgIpc) is 2.84. The zero-order valence-electron chi connectivity index (χ0n) is 13.7. The Morgan fingerprint density at radius 1 is 1.43 bits per heavy atom. The first-order valence-corrected chi connectivity index (χ1v) is 8.66. The van der Waals surface area contributed by atoms with Crippen LogP contribution in [0.3, 0.4) is 0 Å². The standard InChI is InChI=1S/C19H23NO3/c1-3-8-19-13-6-7-14(21)17(19)23-16-12(18(20)22)5-4-11(15(16)19)9-10(13)2/h4-5,10,13,17H,3,6-9H2,1-2H3,(H2,20,22)/t10-,13+,17+,19+/m1/s1. The lowest BCUT2D eigenvalue weighted by Crippen LogP contribution is -2.56. The fraction of sp³-hybridized carbons (Fsp3) is 0.579. The molecule has 0 unspecified atom stereocenters. The van der Waals surface area contributed by atoms with Gasteiger partial charge >= 0.3 is 0 Å². The van der Waals surface area contributed by atoms with Gasteiger partial charge < -0.3 is 10.5 Å². The number of primary amides is 1. The summed E-state index contributed by atoms with van der Waals surface area (Å²) < 4.78 is 6.16. The summed E-state index contributed by atoms with van der Waals surface area (Å²) in [5.41, 5.74) is 8.09. The summed E-state index contributed by atoms with van der Waals surface area (Å²) in [6, 6.07) is 3.79. The SMILES string of the molecule is CCC[C@]12c3c4ccc(C(N)=O)c3O[C@H]1C(=O)CC[C@H]2[C@H](C)C4. The Balaban J connectivity index is 2.03. The fourth-order valence-electron chi connectivity index (χ4n) is 5.53. The number of benzene rings is 1. The van der Waals surface area contributed by atoms with Crippen LogP contribution in [0.2, 0.25) is 0 Å². The third kappa shape index (κ3) is 1.72. The van der Waals surface area contributed by atoms with E-state index in [-0.39, 0.29) is 11.2 Å². The highest BCUT2D eigenvalue weighted by molar-refractivity contribution is 5.98. The van der Waals surface area contributed by atoms with E-state index in [0.717, 1.165) is 31.2 Å². The van der Waals surface area contributed by atoms with E-state index in [1.165, 1.54) is 5.56 Å². The van der Waals surface area contributed by atoms with Crippen LogP contribution in [0.15, 0.2) is 12.1 Å². The molecule has 1 aliphatic heterocycles. The van der Waals surface area contributed by atoms with E-state index in [1.54, 1.807) is 6.07 Å². The van der Waals surface area contributed by atoms with Crippen LogP contribution in [0.1, 0.15) is 61.0 Å². The van der Waals surface area contributed by atoms with Gasteiger partial charge in [0.05, 0.1) is 5.56 Å². The number of Topliss-reactive ketones (excluding diaryl/α,β-unsaturated/α-hetero) is 1. The van der Waals surface area contributed by atoms with E-state index in [1.807, 2.05) is 6.07 Å². The number of carbonyl (C=O) groups excluding carboxylic acids is 2. The molecule has 2 aliphatic carbocycles. The molecule has 4 rings (SSSR count). The number of amides is 1. The summed E-state index contributed by atoms with van der Waals surface area (Å²) in [4.78, 5) is 24.5. The smallest absolute Gasteiger partial charge is 0.252 e. The van der Waals surface area contributed by atoms with Gasteiger partial charge in [-0.15, -0.1) is 0 Å². The van der Waals surface area contributed by atoms with Crippen LogP contribution in [0.4, 0.5) is 0 Å². The number of ether oxygens (including phenoxy) is 1. The molecule has 122 valence electrons. The first-order valence-electron chi connectivity index (χ1n) is 8.66. The van der Waals surface area contributed by atoms with E-state index in [9.17, 15) is 9.59 Å². The number of hydrogen-bond donors (Lipinski definition) is 1. The Bertz CT molecular complexity index is 711. The summed E-state index contributed by atoms with van der Waals surface area (Å²) in [5.74, 6) is 1.28. The molecule has 2 N–H and O–H groups in total. The lowest BCUT2D eigenvalue weighted by molar-refractivity contribution is -0.134. The molecule has 0 bridgehead atoms. The highest BCUT2D eigenvalue weighted by Crippen LogP contribution is 2.61. The van der Waals surface area contributed by atoms with Crippen LogP contribution >= 0.6 is 0 Å². The van der Waals surface area contributed by atoms with Gasteiger partial charge in [0, 0.05) is 17.4 Å². The minimum absolute atomic E-state index is 0.182. The number of hydrogen-bond acceptors (Lipinski definition) is 3. The average molecular weight is 313 g/mol. The molecular formula is C19H23NO3. The summed E-state index contributed by atoms with van der Waals surface area (Å²) in [7, 11) is 0. The first-order chi connectivity index (χ1) is 11.0. The summed E-state index contributed by atoms with van der Waals surface area (Å²) in [6.07, 6.45) is 4.00. The van der Waals surface area contributed by atoms with Crippen LogP contribution in [-0.2, 0) is 16.6 Å². The molecule has 1 aromatic rings. The molecule has 3 aliphatic rings. The third-order valence-corrected chi connectivity index (χ3v) is 6.23. The van der Waals surface area contributed by atoms with Crippen molar-refractivity contribution in [3.63, 3.8) is 0 Å². The minimum atomic E-state index is -0.476. The van der Waals surface area contributed by atoms with Crippen LogP contribution in [0, 0.1) is 11.8 Å². The van der Waals surface area contributed by atoms with Gasteiger partial charge in [0.2, 0.25) is 0 Å². The summed E-state index contributed by atoms with van der Waals surface area (Å²) in [5, 5.41) is 0. The maximum Gasteiger partial charge on any atom is 0.252 e. The summed E-state index contributed by atoms with van der Waals surface area (Å²) in [6.45, 7) is 4.45. The van der Waals surface area contributed by atoms with Gasteiger partial charge in [0.15, 0.2) is 11.9 Å². The molecule has 1 heterocycles. The second-order valence-corrected chi connectivity index (χ2v) is 7.42. The second-order valence-electron chi connectivity index (χ2n) is 7.42. The molecule has 0 radical (unpaired) electrons. The maximum absolute atomic E-state index is 12.7. The molecule has 0 aromatic heterocycles. The predicted molar refractivity (Wildman–Crippen MR) is 86.6 cm³/mol. The molecule has 4 nitrogen and oxygen atoms in total. The molecule has 4 atom stereocenters. The van der Waals surface area contributed by atoms with Crippen molar-refractivity contribution in [2.24, 2.45) is 17.6 Å². The van der Waals surface area contributed by atoms with Crippen molar-refractivity contribution in [3.8, 4) is 5.75 Å². The number of carbonyl (C=O) groups is 2. The van der Waals surface area contributed by atoms with Crippen LogP contribution < -0.4 is 10.5 Å². The van der Waals surface area contributed by atoms with Crippen LogP contribution in [0.25, 0.3) is 0 Å². The molecule has 1 saturated carbocycles. The van der Waals surface area contributed by atoms with Crippen molar-refractivity contribution < 1.29 is 14.3 Å². The maximum atomic E-state index is 12.7. The van der Waals surface area contributed by atoms with E-state index in [0.29, 0.717) is 29.6 Å². The van der Waals surface area contributed by atoms with Crippen molar-refractivity contribution in [1.29, 1.82) is 0 Å². The number of ketones is 1. The lowest BCUT2D eigenvalue weighted by Gasteiger charge is -2.50. The quantitative estimate of drug-likeness (QED) is 0.933. The van der Waals surface area contributed by atoms with E-state index in [2.05, 4.69) is 13.8 Å². The normalized spacial score (nSPS) is 34.0. The second kappa shape index (κ2) is 4.83. The van der Waals surface area contributed by atoms with Crippen molar-refractivity contribution in [3.05, 3.63) is 28.8 Å². The largest absolute Gasteiger partial charge is 0.481 e. The van der Waals surface area contributed by atoms with E-state index >= 15 is 0 Å². The molecule has 4 heteroatoms. The first kappa shape index (κ1) is 14.7. The Hall–Kier alpha value is -1.84. The molecule has 1 amide bonds. The Morgan fingerprint density at radius 3 is 2.91 bits per heavy atom. The zero-order chi connectivity index (χ0) is 16.4. The molecule has 1 fully saturated rings. The van der Waals surface area contributed by atoms with Gasteiger partial charge in [-0.3, -0.25) is 9.59 Å². The van der Waals surface area contributed by atoms with Gasteiger partial charge in [-0.05, 0) is 42.7 Å². The van der Waals surface area contributed by atoms with Crippen LogP contribution in [0.5, 0.6) is 5.75 Å².